The summed E-state index contributed by atoms with van der Waals surface area (Å²) in [6.07, 6.45) is 0.274. The number of anilines is 2. The average Bonchev–Trinajstić information content (AvgIpc) is 2.93. The number of carbonyl (C=O) groups is 3. The number of carbonyl (C=O) groups excluding carboxylic acids is 3. The summed E-state index contributed by atoms with van der Waals surface area (Å²) in [5, 5.41) is 8.23. The number of ether oxygens (including phenoxy) is 1. The van der Waals surface area contributed by atoms with E-state index in [-0.39, 0.29) is 30.6 Å². The maximum Gasteiger partial charge on any atom is 0.254 e. The lowest BCUT2D eigenvalue weighted by Crippen LogP contribution is -2.41. The topological polar surface area (TPSA) is 96.5 Å². The molecule has 1 aliphatic heterocycles. The molecule has 4 rings (SSSR count). The number of fused-ring (bicyclic) bond motifs is 1. The van der Waals surface area contributed by atoms with Crippen LogP contribution in [0.25, 0.3) is 0 Å². The summed E-state index contributed by atoms with van der Waals surface area (Å²) in [6, 6.07) is 23.0. The van der Waals surface area contributed by atoms with E-state index in [1.165, 1.54) is 0 Å². The zero-order chi connectivity index (χ0) is 22.3. The zero-order valence-electron chi connectivity index (χ0n) is 17.3. The summed E-state index contributed by atoms with van der Waals surface area (Å²) in [4.78, 5) is 37.1. The maximum atomic E-state index is 12.4. The van der Waals surface area contributed by atoms with Crippen LogP contribution in [0.5, 0.6) is 5.75 Å². The molecule has 0 spiro atoms. The SMILES string of the molecule is O=C(CC[C@H]1NC(=O)c2ccccc2NC1=O)Nc1ccc(OCc2ccccc2)cc1. The fourth-order valence-corrected chi connectivity index (χ4v) is 3.39. The smallest absolute Gasteiger partial charge is 0.254 e. The largest absolute Gasteiger partial charge is 0.489 e. The lowest BCUT2D eigenvalue weighted by molar-refractivity contribution is -0.118. The van der Waals surface area contributed by atoms with Crippen molar-refractivity contribution in [2.24, 2.45) is 0 Å². The van der Waals surface area contributed by atoms with Crippen LogP contribution in [0.2, 0.25) is 0 Å². The van der Waals surface area contributed by atoms with E-state index in [9.17, 15) is 14.4 Å². The first-order valence-electron chi connectivity index (χ1n) is 10.4. The molecule has 0 unspecified atom stereocenters. The molecule has 1 aliphatic rings. The van der Waals surface area contributed by atoms with Crippen molar-refractivity contribution in [3.05, 3.63) is 90.0 Å². The van der Waals surface area contributed by atoms with Gasteiger partial charge in [-0.15, -0.1) is 0 Å². The number of hydrogen-bond acceptors (Lipinski definition) is 4. The van der Waals surface area contributed by atoms with Crippen molar-refractivity contribution in [3.63, 3.8) is 0 Å². The van der Waals surface area contributed by atoms with Crippen molar-refractivity contribution in [2.75, 3.05) is 10.6 Å². The van der Waals surface area contributed by atoms with E-state index < -0.39 is 6.04 Å². The Balaban J connectivity index is 1.27. The molecule has 0 aromatic heterocycles. The molecule has 162 valence electrons. The number of hydrogen-bond donors (Lipinski definition) is 3. The molecule has 0 aliphatic carbocycles. The second kappa shape index (κ2) is 9.78. The molecule has 0 fully saturated rings. The molecule has 0 radical (unpaired) electrons. The molecule has 3 aromatic rings. The molecule has 7 heteroatoms. The monoisotopic (exact) mass is 429 g/mol. The molecule has 3 aromatic carbocycles. The maximum absolute atomic E-state index is 12.4. The third kappa shape index (κ3) is 5.31. The molecule has 3 amide bonds. The first-order valence-corrected chi connectivity index (χ1v) is 10.4. The molecule has 1 atom stereocenters. The molecular weight excluding hydrogens is 406 g/mol. The van der Waals surface area contributed by atoms with E-state index >= 15 is 0 Å². The van der Waals surface area contributed by atoms with Crippen LogP contribution in [0.15, 0.2) is 78.9 Å². The summed E-state index contributed by atoms with van der Waals surface area (Å²) in [6.45, 7) is 0.464. The van der Waals surface area contributed by atoms with Gasteiger partial charge in [0.1, 0.15) is 18.4 Å². The Labute approximate surface area is 185 Å². The lowest BCUT2D eigenvalue weighted by atomic mass is 10.1. The van der Waals surface area contributed by atoms with E-state index in [0.717, 1.165) is 5.56 Å². The second-order valence-electron chi connectivity index (χ2n) is 7.45. The number of nitrogens with one attached hydrogen (secondary N) is 3. The van der Waals surface area contributed by atoms with Gasteiger partial charge in [0.2, 0.25) is 11.8 Å². The quantitative estimate of drug-likeness (QED) is 0.533. The number of benzene rings is 3. The van der Waals surface area contributed by atoms with Crippen molar-refractivity contribution >= 4 is 29.1 Å². The van der Waals surface area contributed by atoms with Crippen molar-refractivity contribution in [2.45, 2.75) is 25.5 Å². The van der Waals surface area contributed by atoms with Crippen molar-refractivity contribution in [3.8, 4) is 5.75 Å². The van der Waals surface area contributed by atoms with Gasteiger partial charge in [-0.05, 0) is 48.4 Å². The summed E-state index contributed by atoms with van der Waals surface area (Å²) in [5.74, 6) is -0.220. The van der Waals surface area contributed by atoms with Crippen LogP contribution in [-0.2, 0) is 16.2 Å². The second-order valence-corrected chi connectivity index (χ2v) is 7.45. The number of rotatable bonds is 7. The normalized spacial score (nSPS) is 15.1. The van der Waals surface area contributed by atoms with Crippen LogP contribution < -0.4 is 20.7 Å². The van der Waals surface area contributed by atoms with Gasteiger partial charge in [0, 0.05) is 12.1 Å². The van der Waals surface area contributed by atoms with E-state index in [4.69, 9.17) is 4.74 Å². The minimum absolute atomic E-state index is 0.0843. The minimum atomic E-state index is -0.783. The van der Waals surface area contributed by atoms with E-state index in [2.05, 4.69) is 16.0 Å². The molecule has 3 N–H and O–H groups in total. The van der Waals surface area contributed by atoms with E-state index in [0.29, 0.717) is 29.3 Å². The first kappa shape index (κ1) is 21.1. The lowest BCUT2D eigenvalue weighted by Gasteiger charge is -2.14. The zero-order valence-corrected chi connectivity index (χ0v) is 17.3. The minimum Gasteiger partial charge on any atom is -0.489 e. The van der Waals surface area contributed by atoms with E-state index in [1.54, 1.807) is 48.5 Å². The van der Waals surface area contributed by atoms with Crippen molar-refractivity contribution in [1.29, 1.82) is 0 Å². The van der Waals surface area contributed by atoms with Gasteiger partial charge < -0.3 is 20.7 Å². The van der Waals surface area contributed by atoms with Crippen LogP contribution in [0.4, 0.5) is 11.4 Å². The van der Waals surface area contributed by atoms with Crippen LogP contribution >= 0.6 is 0 Å². The highest BCUT2D eigenvalue weighted by molar-refractivity contribution is 6.10. The van der Waals surface area contributed by atoms with Gasteiger partial charge >= 0.3 is 0 Å². The highest BCUT2D eigenvalue weighted by Crippen LogP contribution is 2.20. The van der Waals surface area contributed by atoms with Gasteiger partial charge in [-0.25, -0.2) is 0 Å². The predicted octanol–water partition coefficient (Wildman–Crippen LogP) is 3.74. The van der Waals surface area contributed by atoms with E-state index in [1.807, 2.05) is 30.3 Å². The number of para-hydroxylation sites is 1. The van der Waals surface area contributed by atoms with Gasteiger partial charge in [-0.3, -0.25) is 14.4 Å². The van der Waals surface area contributed by atoms with Crippen LogP contribution in [-0.4, -0.2) is 23.8 Å². The molecule has 7 nitrogen and oxygen atoms in total. The molecule has 0 bridgehead atoms. The number of amides is 3. The predicted molar refractivity (Wildman–Crippen MR) is 121 cm³/mol. The van der Waals surface area contributed by atoms with Gasteiger partial charge in [0.15, 0.2) is 0 Å². The van der Waals surface area contributed by atoms with Crippen molar-refractivity contribution < 1.29 is 19.1 Å². The Bertz CT molecular complexity index is 1110. The Morgan fingerprint density at radius 3 is 2.41 bits per heavy atom. The third-order valence-electron chi connectivity index (χ3n) is 5.10. The molecular formula is C25H23N3O4. The standard InChI is InChI=1S/C25H23N3O4/c29-23(15-14-22-25(31)27-21-9-5-4-8-20(21)24(30)28-22)26-18-10-12-19(13-11-18)32-16-17-6-2-1-3-7-17/h1-13,22H,14-16H2,(H,26,29)(H,27,31)(H,28,30)/t22-/m1/s1. The van der Waals surface area contributed by atoms with Gasteiger partial charge in [0.05, 0.1) is 11.3 Å². The first-order chi connectivity index (χ1) is 15.6. The summed E-state index contributed by atoms with van der Waals surface area (Å²) >= 11 is 0. The fourth-order valence-electron chi connectivity index (χ4n) is 3.39. The molecule has 0 saturated carbocycles. The fraction of sp³-hybridized carbons (Fsp3) is 0.160. The summed E-state index contributed by atoms with van der Waals surface area (Å²) in [5.41, 5.74) is 2.57. The summed E-state index contributed by atoms with van der Waals surface area (Å²) < 4.78 is 5.74. The van der Waals surface area contributed by atoms with Crippen LogP contribution in [0.1, 0.15) is 28.8 Å². The van der Waals surface area contributed by atoms with Gasteiger partial charge in [-0.1, -0.05) is 42.5 Å². The Hall–Kier alpha value is -4.13. The molecule has 1 heterocycles. The molecule has 0 saturated heterocycles. The van der Waals surface area contributed by atoms with Crippen molar-refractivity contribution in [1.82, 2.24) is 5.32 Å². The average molecular weight is 429 g/mol. The highest BCUT2D eigenvalue weighted by Gasteiger charge is 2.27. The Morgan fingerprint density at radius 2 is 1.62 bits per heavy atom. The van der Waals surface area contributed by atoms with Crippen LogP contribution in [0, 0.1) is 0 Å². The Morgan fingerprint density at radius 1 is 0.906 bits per heavy atom. The highest BCUT2D eigenvalue weighted by atomic mass is 16.5. The van der Waals surface area contributed by atoms with Crippen LogP contribution in [0.3, 0.4) is 0 Å². The summed E-state index contributed by atoms with van der Waals surface area (Å²) in [7, 11) is 0. The van der Waals surface area contributed by atoms with Gasteiger partial charge in [0.25, 0.3) is 5.91 Å². The Kier molecular flexibility index (Phi) is 6.46. The molecule has 32 heavy (non-hydrogen) atoms. The van der Waals surface area contributed by atoms with Gasteiger partial charge in [-0.2, -0.15) is 0 Å². The third-order valence-corrected chi connectivity index (χ3v) is 5.10.